The summed E-state index contributed by atoms with van der Waals surface area (Å²) in [7, 11) is 0. The molecule has 0 aromatic carbocycles. The fourth-order valence-corrected chi connectivity index (χ4v) is 1.28. The quantitative estimate of drug-likeness (QED) is 0.889. The average molecular weight is 273 g/mol. The Labute approximate surface area is 97.2 Å². The van der Waals surface area contributed by atoms with Crippen molar-refractivity contribution in [1.82, 2.24) is 10.3 Å². The van der Waals surface area contributed by atoms with Gasteiger partial charge >= 0.3 is 0 Å². The van der Waals surface area contributed by atoms with Gasteiger partial charge in [0.1, 0.15) is 5.75 Å². The van der Waals surface area contributed by atoms with Crippen molar-refractivity contribution < 1.29 is 9.53 Å². The summed E-state index contributed by atoms with van der Waals surface area (Å²) in [5.74, 6) is 0.466. The van der Waals surface area contributed by atoms with E-state index in [1.165, 1.54) is 0 Å². The third-order valence-corrected chi connectivity index (χ3v) is 2.06. The first-order valence-corrected chi connectivity index (χ1v) is 5.51. The number of aromatic nitrogens is 1. The number of hydrogen-bond acceptors (Lipinski definition) is 3. The summed E-state index contributed by atoms with van der Waals surface area (Å²) in [6.45, 7) is 2.70. The minimum atomic E-state index is -0.114. The first-order valence-electron chi connectivity index (χ1n) is 4.72. The van der Waals surface area contributed by atoms with E-state index in [1.807, 2.05) is 6.92 Å². The predicted molar refractivity (Wildman–Crippen MR) is 60.7 cm³/mol. The highest BCUT2D eigenvalue weighted by atomic mass is 79.9. The minimum absolute atomic E-state index is 0.0259. The predicted octanol–water partition coefficient (Wildman–Crippen LogP) is 1.75. The maximum absolute atomic E-state index is 11.2. The number of carbonyl (C=O) groups excluding carboxylic acids is 1. The number of carbonyl (C=O) groups is 1. The van der Waals surface area contributed by atoms with Crippen molar-refractivity contribution in [1.29, 1.82) is 0 Å². The molecule has 1 amide bonds. The first-order chi connectivity index (χ1) is 7.22. The Bertz CT molecular complexity index is 331. The van der Waals surface area contributed by atoms with Crippen LogP contribution in [0.4, 0.5) is 0 Å². The van der Waals surface area contributed by atoms with E-state index < -0.39 is 0 Å². The fraction of sp³-hybridized carbons (Fsp3) is 0.400. The molecular formula is C10H13BrN2O2. The van der Waals surface area contributed by atoms with E-state index in [1.54, 1.807) is 18.5 Å². The molecule has 0 unspecified atom stereocenters. The van der Waals surface area contributed by atoms with Crippen LogP contribution in [0.1, 0.15) is 13.3 Å². The number of halogens is 1. The SMILES string of the molecule is CCCNC(=O)COc1cncc(Br)c1. The lowest BCUT2D eigenvalue weighted by atomic mass is 10.4. The number of ether oxygens (including phenoxy) is 1. The zero-order chi connectivity index (χ0) is 11.1. The van der Waals surface area contributed by atoms with E-state index in [0.717, 1.165) is 10.9 Å². The molecule has 0 saturated carbocycles. The molecule has 0 bridgehead atoms. The van der Waals surface area contributed by atoms with Crippen LogP contribution >= 0.6 is 15.9 Å². The number of nitrogens with zero attached hydrogens (tertiary/aromatic N) is 1. The van der Waals surface area contributed by atoms with Gasteiger partial charge in [0.2, 0.25) is 0 Å². The third kappa shape index (κ3) is 4.78. The van der Waals surface area contributed by atoms with Gasteiger partial charge in [0.15, 0.2) is 6.61 Å². The van der Waals surface area contributed by atoms with Gasteiger partial charge in [-0.3, -0.25) is 9.78 Å². The number of rotatable bonds is 5. The van der Waals surface area contributed by atoms with Crippen LogP contribution in [0.3, 0.4) is 0 Å². The molecule has 0 fully saturated rings. The van der Waals surface area contributed by atoms with Gasteiger partial charge in [0, 0.05) is 17.2 Å². The van der Waals surface area contributed by atoms with Crippen LogP contribution < -0.4 is 10.1 Å². The Kier molecular flexibility index (Phi) is 5.10. The molecule has 0 saturated heterocycles. The van der Waals surface area contributed by atoms with Crippen molar-refractivity contribution in [3.8, 4) is 5.75 Å². The van der Waals surface area contributed by atoms with Gasteiger partial charge in [-0.1, -0.05) is 6.92 Å². The van der Waals surface area contributed by atoms with Crippen LogP contribution in [0.25, 0.3) is 0 Å². The van der Waals surface area contributed by atoms with Gasteiger partial charge in [0.25, 0.3) is 5.91 Å². The summed E-state index contributed by atoms with van der Waals surface area (Å²) in [5, 5.41) is 2.72. The zero-order valence-corrected chi connectivity index (χ0v) is 10.1. The molecule has 0 aliphatic rings. The first kappa shape index (κ1) is 12.0. The van der Waals surface area contributed by atoms with Crippen LogP contribution in [0, 0.1) is 0 Å². The molecule has 1 aromatic heterocycles. The van der Waals surface area contributed by atoms with Gasteiger partial charge in [-0.25, -0.2) is 0 Å². The number of pyridine rings is 1. The van der Waals surface area contributed by atoms with E-state index in [-0.39, 0.29) is 12.5 Å². The van der Waals surface area contributed by atoms with Gasteiger partial charge in [0.05, 0.1) is 6.20 Å². The lowest BCUT2D eigenvalue weighted by molar-refractivity contribution is -0.123. The highest BCUT2D eigenvalue weighted by molar-refractivity contribution is 9.10. The molecule has 82 valence electrons. The summed E-state index contributed by atoms with van der Waals surface area (Å²) >= 11 is 3.27. The zero-order valence-electron chi connectivity index (χ0n) is 8.50. The maximum Gasteiger partial charge on any atom is 0.257 e. The lowest BCUT2D eigenvalue weighted by Crippen LogP contribution is -2.29. The Balaban J connectivity index is 2.33. The second-order valence-electron chi connectivity index (χ2n) is 2.98. The lowest BCUT2D eigenvalue weighted by Gasteiger charge is -2.06. The minimum Gasteiger partial charge on any atom is -0.482 e. The summed E-state index contributed by atoms with van der Waals surface area (Å²) < 4.78 is 6.07. The standard InChI is InChI=1S/C10H13BrN2O2/c1-2-3-13-10(14)7-15-9-4-8(11)5-12-6-9/h4-6H,2-3,7H2,1H3,(H,13,14). The van der Waals surface area contributed by atoms with Crippen LogP contribution in [-0.4, -0.2) is 24.0 Å². The van der Waals surface area contributed by atoms with Crippen LogP contribution in [-0.2, 0) is 4.79 Å². The summed E-state index contributed by atoms with van der Waals surface area (Å²) in [5.41, 5.74) is 0. The molecule has 0 radical (unpaired) electrons. The summed E-state index contributed by atoms with van der Waals surface area (Å²) in [6, 6.07) is 1.76. The maximum atomic E-state index is 11.2. The molecule has 1 N–H and O–H groups in total. The fourth-order valence-electron chi connectivity index (χ4n) is 0.936. The van der Waals surface area contributed by atoms with E-state index in [4.69, 9.17) is 4.74 Å². The number of hydrogen-bond donors (Lipinski definition) is 1. The topological polar surface area (TPSA) is 51.2 Å². The van der Waals surface area contributed by atoms with Crippen molar-refractivity contribution in [3.63, 3.8) is 0 Å². The van der Waals surface area contributed by atoms with E-state index in [2.05, 4.69) is 26.2 Å². The number of nitrogens with one attached hydrogen (secondary N) is 1. The van der Waals surface area contributed by atoms with Crippen LogP contribution in [0.2, 0.25) is 0 Å². The van der Waals surface area contributed by atoms with Gasteiger partial charge in [-0.05, 0) is 28.4 Å². The highest BCUT2D eigenvalue weighted by Crippen LogP contribution is 2.15. The van der Waals surface area contributed by atoms with Crippen LogP contribution in [0.5, 0.6) is 5.75 Å². The second-order valence-corrected chi connectivity index (χ2v) is 3.89. The molecule has 1 rings (SSSR count). The van der Waals surface area contributed by atoms with Crippen molar-refractivity contribution in [2.75, 3.05) is 13.2 Å². The normalized spacial score (nSPS) is 9.73. The summed E-state index contributed by atoms with van der Waals surface area (Å²) in [4.78, 5) is 15.1. The van der Waals surface area contributed by atoms with Crippen molar-refractivity contribution >= 4 is 21.8 Å². The van der Waals surface area contributed by atoms with Crippen molar-refractivity contribution in [2.45, 2.75) is 13.3 Å². The monoisotopic (exact) mass is 272 g/mol. The highest BCUT2D eigenvalue weighted by Gasteiger charge is 2.01. The van der Waals surface area contributed by atoms with E-state index in [0.29, 0.717) is 12.3 Å². The van der Waals surface area contributed by atoms with Gasteiger partial charge in [-0.2, -0.15) is 0 Å². The largest absolute Gasteiger partial charge is 0.482 e. The molecule has 1 heterocycles. The Morgan fingerprint density at radius 2 is 2.40 bits per heavy atom. The Morgan fingerprint density at radius 1 is 1.60 bits per heavy atom. The van der Waals surface area contributed by atoms with Gasteiger partial charge in [-0.15, -0.1) is 0 Å². The molecule has 5 heteroatoms. The molecule has 15 heavy (non-hydrogen) atoms. The van der Waals surface area contributed by atoms with E-state index >= 15 is 0 Å². The molecule has 0 aliphatic heterocycles. The summed E-state index contributed by atoms with van der Waals surface area (Å²) in [6.07, 6.45) is 4.14. The second kappa shape index (κ2) is 6.40. The molecule has 1 aromatic rings. The van der Waals surface area contributed by atoms with Gasteiger partial charge < -0.3 is 10.1 Å². The molecule has 4 nitrogen and oxygen atoms in total. The molecule has 0 atom stereocenters. The Hall–Kier alpha value is -1.10. The third-order valence-electron chi connectivity index (χ3n) is 1.62. The van der Waals surface area contributed by atoms with E-state index in [9.17, 15) is 4.79 Å². The Morgan fingerprint density at radius 3 is 3.07 bits per heavy atom. The van der Waals surface area contributed by atoms with Crippen LogP contribution in [0.15, 0.2) is 22.9 Å². The molecule has 0 spiro atoms. The number of amides is 1. The van der Waals surface area contributed by atoms with Crippen molar-refractivity contribution in [3.05, 3.63) is 22.9 Å². The molecular weight excluding hydrogens is 260 g/mol. The average Bonchev–Trinajstić information content (AvgIpc) is 2.23. The molecule has 0 aliphatic carbocycles. The smallest absolute Gasteiger partial charge is 0.257 e. The van der Waals surface area contributed by atoms with Crippen molar-refractivity contribution in [2.24, 2.45) is 0 Å².